The van der Waals surface area contributed by atoms with Gasteiger partial charge in [-0.3, -0.25) is 0 Å². The van der Waals surface area contributed by atoms with E-state index in [1.165, 1.54) is 17.0 Å². The van der Waals surface area contributed by atoms with Crippen molar-refractivity contribution in [1.29, 1.82) is 0 Å². The summed E-state index contributed by atoms with van der Waals surface area (Å²) < 4.78 is 165. The summed E-state index contributed by atoms with van der Waals surface area (Å²) in [7, 11) is 0. The van der Waals surface area contributed by atoms with E-state index in [1.54, 1.807) is 30.3 Å². The van der Waals surface area contributed by atoms with Crippen molar-refractivity contribution in [2.75, 3.05) is 4.90 Å². The van der Waals surface area contributed by atoms with E-state index in [9.17, 15) is 8.22 Å². The molecule has 0 saturated heterocycles. The van der Waals surface area contributed by atoms with E-state index < -0.39 is 120 Å². The number of benzene rings is 9. The normalized spacial score (nSPS) is 16.3. The second kappa shape index (κ2) is 12.5. The lowest BCUT2D eigenvalue weighted by Crippen LogP contribution is -2.11. The van der Waals surface area contributed by atoms with Crippen LogP contribution in [0, 0.1) is 0 Å². The van der Waals surface area contributed by atoms with Crippen LogP contribution < -0.4 is 4.90 Å². The summed E-state index contributed by atoms with van der Waals surface area (Å²) in [6.07, 6.45) is 0. The molecular weight excluding hydrogens is 631 g/mol. The van der Waals surface area contributed by atoms with Gasteiger partial charge in [-0.15, -0.1) is 0 Å². The molecule has 0 atom stereocenters. The molecule has 10 aromatic rings. The lowest BCUT2D eigenvalue weighted by molar-refractivity contribution is 0.669. The lowest BCUT2D eigenvalue weighted by Gasteiger charge is -2.28. The average molecular weight is 682 g/mol. The van der Waals surface area contributed by atoms with Crippen molar-refractivity contribution in [2.24, 2.45) is 0 Å². The number of anilines is 3. The molecule has 9 aromatic carbocycles. The van der Waals surface area contributed by atoms with Gasteiger partial charge in [0.1, 0.15) is 11.2 Å². The highest BCUT2D eigenvalue weighted by Gasteiger charge is 2.19. The van der Waals surface area contributed by atoms with E-state index >= 15 is 0 Å². The summed E-state index contributed by atoms with van der Waals surface area (Å²) in [6, 6.07) is 15.9. The van der Waals surface area contributed by atoms with Gasteiger partial charge in [-0.2, -0.15) is 0 Å². The van der Waals surface area contributed by atoms with Gasteiger partial charge >= 0.3 is 0 Å². The maximum atomic E-state index is 9.61. The molecular formula is C50H33NO. The van der Waals surface area contributed by atoms with E-state index in [0.29, 0.717) is 11.3 Å². The van der Waals surface area contributed by atoms with Crippen LogP contribution in [0.4, 0.5) is 17.1 Å². The Labute approximate surface area is 327 Å². The summed E-state index contributed by atoms with van der Waals surface area (Å²) in [4.78, 5) is 1.50. The Morgan fingerprint density at radius 3 is 1.98 bits per heavy atom. The van der Waals surface area contributed by atoms with Crippen LogP contribution in [0.3, 0.4) is 0 Å². The van der Waals surface area contributed by atoms with Crippen molar-refractivity contribution in [3.8, 4) is 33.4 Å². The van der Waals surface area contributed by atoms with Crippen LogP contribution in [0.15, 0.2) is 204 Å². The molecule has 0 radical (unpaired) electrons. The maximum absolute atomic E-state index is 9.61. The van der Waals surface area contributed by atoms with E-state index in [2.05, 4.69) is 0 Å². The van der Waals surface area contributed by atoms with Crippen LogP contribution in [0.1, 0.15) is 24.7 Å². The van der Waals surface area contributed by atoms with Gasteiger partial charge in [0.15, 0.2) is 0 Å². The first kappa shape index (κ1) is 16.9. The number of rotatable bonds is 6. The number of hydrogen-bond donors (Lipinski definition) is 0. The fourth-order valence-corrected chi connectivity index (χ4v) is 6.54. The highest BCUT2D eigenvalue weighted by molar-refractivity contribution is 6.19. The molecule has 0 bridgehead atoms. The smallest absolute Gasteiger partial charge is 0.136 e. The Balaban J connectivity index is 1.24. The third-order valence-corrected chi connectivity index (χ3v) is 8.92. The van der Waals surface area contributed by atoms with Gasteiger partial charge in [-0.25, -0.2) is 0 Å². The van der Waals surface area contributed by atoms with Gasteiger partial charge in [0, 0.05) is 27.7 Å². The third-order valence-electron chi connectivity index (χ3n) is 8.92. The van der Waals surface area contributed by atoms with Crippen LogP contribution >= 0.6 is 0 Å². The van der Waals surface area contributed by atoms with Crippen LogP contribution in [-0.4, -0.2) is 0 Å². The van der Waals surface area contributed by atoms with Gasteiger partial charge in [0.2, 0.25) is 0 Å². The van der Waals surface area contributed by atoms with Crippen LogP contribution in [0.2, 0.25) is 0 Å². The molecule has 0 aliphatic heterocycles. The van der Waals surface area contributed by atoms with Gasteiger partial charge in [-0.1, -0.05) is 151 Å². The van der Waals surface area contributed by atoms with Crippen molar-refractivity contribution < 1.29 is 29.1 Å². The van der Waals surface area contributed by atoms with Crippen molar-refractivity contribution >= 4 is 60.5 Å². The third kappa shape index (κ3) is 5.12. The second-order valence-corrected chi connectivity index (χ2v) is 11.9. The number of hydrogen-bond acceptors (Lipinski definition) is 2. The average Bonchev–Trinajstić information content (AvgIpc) is 3.77. The second-order valence-electron chi connectivity index (χ2n) is 11.9. The fourth-order valence-electron chi connectivity index (χ4n) is 6.54. The summed E-state index contributed by atoms with van der Waals surface area (Å²) in [5, 5.41) is 1.16. The van der Waals surface area contributed by atoms with E-state index in [4.69, 9.17) is 20.9 Å². The molecule has 52 heavy (non-hydrogen) atoms. The Kier molecular flexibility index (Phi) is 4.04. The Hall–Kier alpha value is -6.90. The van der Waals surface area contributed by atoms with Gasteiger partial charge in [0.25, 0.3) is 0 Å². The van der Waals surface area contributed by atoms with Gasteiger partial charge in [-0.05, 0) is 97.8 Å². The minimum Gasteiger partial charge on any atom is -0.456 e. The molecule has 0 unspecified atom stereocenters. The predicted octanol–water partition coefficient (Wildman–Crippen LogP) is 14.4. The molecule has 0 fully saturated rings. The van der Waals surface area contributed by atoms with Crippen molar-refractivity contribution in [3.05, 3.63) is 200 Å². The summed E-state index contributed by atoms with van der Waals surface area (Å²) in [5.41, 5.74) is 0.264. The topological polar surface area (TPSA) is 16.4 Å². The molecule has 2 nitrogen and oxygen atoms in total. The maximum Gasteiger partial charge on any atom is 0.136 e. The minimum atomic E-state index is -0.713. The highest BCUT2D eigenvalue weighted by atomic mass is 16.3. The number of furan rings is 1. The molecule has 0 saturated carbocycles. The summed E-state index contributed by atoms with van der Waals surface area (Å²) >= 11 is 0. The zero-order chi connectivity index (χ0) is 50.1. The molecule has 244 valence electrons. The Morgan fingerprint density at radius 1 is 0.404 bits per heavy atom. The van der Waals surface area contributed by atoms with Crippen LogP contribution in [0.5, 0.6) is 0 Å². The van der Waals surface area contributed by atoms with Crippen molar-refractivity contribution in [1.82, 2.24) is 0 Å². The molecule has 0 spiro atoms. The predicted molar refractivity (Wildman–Crippen MR) is 220 cm³/mol. The zero-order valence-corrected chi connectivity index (χ0v) is 27.0. The summed E-state index contributed by atoms with van der Waals surface area (Å²) in [6.45, 7) is 0. The van der Waals surface area contributed by atoms with E-state index in [1.807, 2.05) is 48.5 Å². The van der Waals surface area contributed by atoms with Crippen molar-refractivity contribution in [2.45, 2.75) is 0 Å². The fraction of sp³-hybridized carbons (Fsp3) is 0. The van der Waals surface area contributed by atoms with Gasteiger partial charge < -0.3 is 9.32 Å². The largest absolute Gasteiger partial charge is 0.456 e. The molecule has 1 aromatic heterocycles. The quantitative estimate of drug-likeness (QED) is 0.174. The lowest BCUT2D eigenvalue weighted by atomic mass is 9.95. The molecule has 0 aliphatic carbocycles. The number of nitrogens with zero attached hydrogens (tertiary/aromatic N) is 1. The Morgan fingerprint density at radius 2 is 1.10 bits per heavy atom. The first-order chi connectivity index (χ1) is 33.3. The minimum absolute atomic E-state index is 0.0824. The molecule has 0 amide bonds. The number of fused-ring (bicyclic) bond motifs is 6. The Bertz CT molecular complexity index is 3880. The zero-order valence-electron chi connectivity index (χ0n) is 45.0. The summed E-state index contributed by atoms with van der Waals surface area (Å²) in [5.74, 6) is 0. The van der Waals surface area contributed by atoms with E-state index in [-0.39, 0.29) is 55.2 Å². The molecule has 0 N–H and O–H groups in total. The van der Waals surface area contributed by atoms with Crippen LogP contribution in [0.25, 0.3) is 76.9 Å². The van der Waals surface area contributed by atoms with Gasteiger partial charge in [0.05, 0.1) is 30.4 Å². The molecule has 2 heteroatoms. The molecule has 0 aliphatic rings. The SMILES string of the molecule is [2H]c1c([2H])c([2H])c(-c2c([2H])c([2H])c(N(c3ccc(-c4c([2H])c([2H])c5c([2H])c([2H])c6oc7c([2H])c([2H])c([2H])c([2H])c7c6c5c4[2H])cc3)c3ccccc3-c3cccc4ccccc34)c([2H])c2[2H])c([2H])c1[2H]. The number of para-hydroxylation sites is 2. The molecule has 10 rings (SSSR count). The highest BCUT2D eigenvalue weighted by Crippen LogP contribution is 2.44. The van der Waals surface area contributed by atoms with Crippen LogP contribution in [-0.2, 0) is 0 Å². The van der Waals surface area contributed by atoms with E-state index in [0.717, 1.165) is 16.3 Å². The first-order valence-electron chi connectivity index (χ1n) is 25.3. The molecule has 1 heterocycles. The monoisotopic (exact) mass is 681 g/mol. The first-order valence-corrected chi connectivity index (χ1v) is 16.3. The van der Waals surface area contributed by atoms with Crippen molar-refractivity contribution in [3.63, 3.8) is 0 Å². The standard InChI is InChI=1S/C50H33NO/c1-2-11-34(12-3-1)35-23-28-40(29-24-35)51(47-19-8-6-16-44(47)43-18-10-14-37-13-4-5-15-42(37)43)41-30-25-36(26-31-41)39-22-21-38-27-32-49-50(46(38)33-39)45-17-7-9-20-48(45)52-49/h1-33H/i1D,2D,3D,7D,9D,11D,12D,17D,20D,21D,22D,23D,24D,27D,28D,29D,32D,33D.